The Morgan fingerprint density at radius 1 is 1.20 bits per heavy atom. The number of nitrogens with two attached hydrogens (primary N) is 1. The topological polar surface area (TPSA) is 87.4 Å². The number of nitrogens with zero attached hydrogens (tertiary/aromatic N) is 6. The quantitative estimate of drug-likeness (QED) is 0.777. The van der Waals surface area contributed by atoms with Gasteiger partial charge in [-0.1, -0.05) is 0 Å². The van der Waals surface area contributed by atoms with Gasteiger partial charge in [-0.05, 0) is 19.9 Å². The third-order valence-corrected chi connectivity index (χ3v) is 3.02. The number of hydrogen-bond donors (Lipinski definition) is 1. The molecule has 0 amide bonds. The van der Waals surface area contributed by atoms with Gasteiger partial charge in [0.1, 0.15) is 5.82 Å². The van der Waals surface area contributed by atoms with Crippen LogP contribution >= 0.6 is 0 Å². The molecule has 3 rings (SSSR count). The molecule has 0 radical (unpaired) electrons. The maximum atomic E-state index is 5.99. The number of hydrogen-bond acceptors (Lipinski definition) is 5. The molecule has 0 aromatic carbocycles. The second-order valence-corrected chi connectivity index (χ2v) is 4.40. The zero-order valence-electron chi connectivity index (χ0n) is 11.4. The molecule has 0 fully saturated rings. The van der Waals surface area contributed by atoms with Gasteiger partial charge in [-0.25, -0.2) is 9.97 Å². The third kappa shape index (κ3) is 2.03. The lowest BCUT2D eigenvalue weighted by Crippen LogP contribution is -2.05. The van der Waals surface area contributed by atoms with Gasteiger partial charge >= 0.3 is 0 Å². The molecule has 0 unspecified atom stereocenters. The van der Waals surface area contributed by atoms with E-state index in [1.54, 1.807) is 24.5 Å². The molecule has 3 heterocycles. The highest BCUT2D eigenvalue weighted by molar-refractivity contribution is 5.64. The van der Waals surface area contributed by atoms with Gasteiger partial charge in [0.25, 0.3) is 5.95 Å². The fourth-order valence-electron chi connectivity index (χ4n) is 2.02. The van der Waals surface area contributed by atoms with Crippen LogP contribution in [-0.2, 0) is 6.54 Å². The number of anilines is 1. The molecule has 0 atom stereocenters. The van der Waals surface area contributed by atoms with E-state index < -0.39 is 0 Å². The Labute approximate surface area is 116 Å². The highest BCUT2D eigenvalue weighted by atomic mass is 15.4. The first kappa shape index (κ1) is 12.3. The van der Waals surface area contributed by atoms with Crippen LogP contribution in [0.3, 0.4) is 0 Å². The molecular formula is C13H15N7. The van der Waals surface area contributed by atoms with E-state index in [1.807, 2.05) is 24.7 Å². The van der Waals surface area contributed by atoms with Crippen LogP contribution in [0.4, 0.5) is 5.82 Å². The lowest BCUT2D eigenvalue weighted by atomic mass is 10.2. The highest BCUT2D eigenvalue weighted by Crippen LogP contribution is 2.24. The van der Waals surface area contributed by atoms with Crippen LogP contribution in [0.15, 0.2) is 30.7 Å². The van der Waals surface area contributed by atoms with Crippen molar-refractivity contribution in [1.82, 2.24) is 29.5 Å². The van der Waals surface area contributed by atoms with Gasteiger partial charge in [0, 0.05) is 36.8 Å². The number of aryl methyl sites for hydroxylation is 2. The van der Waals surface area contributed by atoms with Crippen molar-refractivity contribution in [3.05, 3.63) is 36.4 Å². The summed E-state index contributed by atoms with van der Waals surface area (Å²) in [4.78, 5) is 8.30. The van der Waals surface area contributed by atoms with Crippen LogP contribution in [0.2, 0.25) is 0 Å². The van der Waals surface area contributed by atoms with E-state index in [1.165, 1.54) is 4.68 Å². The van der Waals surface area contributed by atoms with E-state index in [9.17, 15) is 0 Å². The Hall–Kier alpha value is -2.70. The first-order valence-corrected chi connectivity index (χ1v) is 6.36. The highest BCUT2D eigenvalue weighted by Gasteiger charge is 2.14. The molecule has 7 nitrogen and oxygen atoms in total. The predicted octanol–water partition coefficient (Wildman–Crippen LogP) is 1.44. The molecule has 3 aromatic heterocycles. The van der Waals surface area contributed by atoms with Crippen LogP contribution < -0.4 is 5.73 Å². The van der Waals surface area contributed by atoms with Crippen molar-refractivity contribution in [2.75, 3.05) is 5.73 Å². The SMILES string of the molecule is CCn1cc(-c2cc(N)n(-c3ncccn3)n2)c(C)n1. The van der Waals surface area contributed by atoms with Crippen LogP contribution in [0.1, 0.15) is 12.6 Å². The molecule has 0 aliphatic rings. The Balaban J connectivity index is 2.06. The first-order chi connectivity index (χ1) is 9.69. The van der Waals surface area contributed by atoms with Crippen molar-refractivity contribution in [2.24, 2.45) is 0 Å². The minimum atomic E-state index is 0.455. The average molecular weight is 269 g/mol. The lowest BCUT2D eigenvalue weighted by molar-refractivity contribution is 0.653. The summed E-state index contributed by atoms with van der Waals surface area (Å²) in [6, 6.07) is 3.56. The van der Waals surface area contributed by atoms with Crippen molar-refractivity contribution in [3.8, 4) is 17.2 Å². The van der Waals surface area contributed by atoms with Gasteiger partial charge in [-0.15, -0.1) is 0 Å². The second kappa shape index (κ2) is 4.76. The van der Waals surface area contributed by atoms with E-state index in [2.05, 4.69) is 20.2 Å². The summed E-state index contributed by atoms with van der Waals surface area (Å²) < 4.78 is 3.40. The molecular weight excluding hydrogens is 254 g/mol. The van der Waals surface area contributed by atoms with Gasteiger partial charge < -0.3 is 5.73 Å². The third-order valence-electron chi connectivity index (χ3n) is 3.02. The average Bonchev–Trinajstić information content (AvgIpc) is 3.02. The molecule has 0 bridgehead atoms. The van der Waals surface area contributed by atoms with Crippen LogP contribution in [0.5, 0.6) is 0 Å². The molecule has 20 heavy (non-hydrogen) atoms. The maximum Gasteiger partial charge on any atom is 0.252 e. The van der Waals surface area contributed by atoms with E-state index >= 15 is 0 Å². The molecule has 0 spiro atoms. The Kier molecular flexibility index (Phi) is 2.94. The summed E-state index contributed by atoms with van der Waals surface area (Å²) in [7, 11) is 0. The van der Waals surface area contributed by atoms with Gasteiger partial charge in [-0.2, -0.15) is 14.9 Å². The second-order valence-electron chi connectivity index (χ2n) is 4.40. The summed E-state index contributed by atoms with van der Waals surface area (Å²) in [5, 5.41) is 8.88. The molecule has 0 aliphatic heterocycles. The van der Waals surface area contributed by atoms with Crippen LogP contribution in [0, 0.1) is 6.92 Å². The van der Waals surface area contributed by atoms with Gasteiger partial charge in [-0.3, -0.25) is 4.68 Å². The monoisotopic (exact) mass is 269 g/mol. The summed E-state index contributed by atoms with van der Waals surface area (Å²) in [6.45, 7) is 4.82. The molecule has 0 aliphatic carbocycles. The van der Waals surface area contributed by atoms with Crippen LogP contribution in [-0.4, -0.2) is 29.5 Å². The Morgan fingerprint density at radius 3 is 2.60 bits per heavy atom. The fraction of sp³-hybridized carbons (Fsp3) is 0.231. The van der Waals surface area contributed by atoms with E-state index in [-0.39, 0.29) is 0 Å². The fourth-order valence-corrected chi connectivity index (χ4v) is 2.02. The standard InChI is InChI=1S/C13H15N7/c1-3-19-8-10(9(2)17-19)11-7-12(14)20(18-11)13-15-5-4-6-16-13/h4-8H,3,14H2,1-2H3. The molecule has 102 valence electrons. The van der Waals surface area contributed by atoms with Gasteiger partial charge in [0.05, 0.1) is 11.4 Å². The van der Waals surface area contributed by atoms with Crippen LogP contribution in [0.25, 0.3) is 17.2 Å². The van der Waals surface area contributed by atoms with Crippen molar-refractivity contribution in [3.63, 3.8) is 0 Å². The van der Waals surface area contributed by atoms with E-state index in [0.717, 1.165) is 23.5 Å². The minimum Gasteiger partial charge on any atom is -0.383 e. The number of rotatable bonds is 3. The first-order valence-electron chi connectivity index (χ1n) is 6.36. The summed E-state index contributed by atoms with van der Waals surface area (Å²) in [5.74, 6) is 0.951. The van der Waals surface area contributed by atoms with Crippen molar-refractivity contribution >= 4 is 5.82 Å². The summed E-state index contributed by atoms with van der Waals surface area (Å²) in [5.41, 5.74) is 8.65. The van der Waals surface area contributed by atoms with E-state index in [0.29, 0.717) is 11.8 Å². The van der Waals surface area contributed by atoms with Crippen molar-refractivity contribution in [2.45, 2.75) is 20.4 Å². The van der Waals surface area contributed by atoms with E-state index in [4.69, 9.17) is 5.73 Å². The molecule has 0 saturated carbocycles. The molecule has 3 aromatic rings. The zero-order valence-corrected chi connectivity index (χ0v) is 11.4. The normalized spacial score (nSPS) is 10.9. The molecule has 0 saturated heterocycles. The van der Waals surface area contributed by atoms with Gasteiger partial charge in [0.2, 0.25) is 0 Å². The largest absolute Gasteiger partial charge is 0.383 e. The predicted molar refractivity (Wildman–Crippen MR) is 75.2 cm³/mol. The van der Waals surface area contributed by atoms with Crippen molar-refractivity contribution < 1.29 is 0 Å². The Bertz CT molecular complexity index is 727. The zero-order chi connectivity index (χ0) is 14.1. The summed E-state index contributed by atoms with van der Waals surface area (Å²) in [6.07, 6.45) is 5.28. The minimum absolute atomic E-state index is 0.455. The Morgan fingerprint density at radius 2 is 1.95 bits per heavy atom. The lowest BCUT2D eigenvalue weighted by Gasteiger charge is -1.99. The number of aromatic nitrogens is 6. The number of nitrogen functional groups attached to an aromatic ring is 1. The molecule has 7 heteroatoms. The summed E-state index contributed by atoms with van der Waals surface area (Å²) >= 11 is 0. The van der Waals surface area contributed by atoms with Crippen molar-refractivity contribution in [1.29, 1.82) is 0 Å². The van der Waals surface area contributed by atoms with Gasteiger partial charge in [0.15, 0.2) is 0 Å². The maximum absolute atomic E-state index is 5.99. The molecule has 2 N–H and O–H groups in total. The smallest absolute Gasteiger partial charge is 0.252 e.